The van der Waals surface area contributed by atoms with E-state index in [0.29, 0.717) is 24.6 Å². The summed E-state index contributed by atoms with van der Waals surface area (Å²) in [7, 11) is 0. The Morgan fingerprint density at radius 1 is 1.23 bits per heavy atom. The molecule has 6 heteroatoms. The minimum absolute atomic E-state index is 0.0110. The molecule has 1 amide bonds. The number of imidazole rings is 1. The number of ether oxygens (including phenoxy) is 1. The van der Waals surface area contributed by atoms with Crippen LogP contribution in [-0.4, -0.2) is 27.3 Å². The van der Waals surface area contributed by atoms with E-state index in [1.807, 2.05) is 47.2 Å². The fraction of sp³-hybridized carbons (Fsp3) is 0.200. The molecule has 5 nitrogen and oxygen atoms in total. The second-order valence-corrected chi connectivity index (χ2v) is 7.30. The maximum Gasteiger partial charge on any atom is 0.238 e. The normalized spacial score (nSPS) is 15.5. The lowest BCUT2D eigenvalue weighted by molar-refractivity contribution is -0.115. The van der Waals surface area contributed by atoms with Gasteiger partial charge in [0.1, 0.15) is 12.4 Å². The van der Waals surface area contributed by atoms with Crippen LogP contribution in [0.4, 0.5) is 5.69 Å². The van der Waals surface area contributed by atoms with Crippen LogP contribution in [-0.2, 0) is 17.8 Å². The lowest BCUT2D eigenvalue weighted by Gasteiger charge is -2.14. The smallest absolute Gasteiger partial charge is 0.238 e. The first-order valence-corrected chi connectivity index (χ1v) is 9.40. The highest BCUT2D eigenvalue weighted by Gasteiger charge is 2.28. The van der Waals surface area contributed by atoms with Gasteiger partial charge in [0, 0.05) is 17.3 Å². The number of fused-ring (bicyclic) bond motifs is 1. The Bertz CT molecular complexity index is 871. The van der Waals surface area contributed by atoms with Crippen molar-refractivity contribution >= 4 is 23.4 Å². The number of carbonyl (C=O) groups excluding carboxylic acids is 1. The van der Waals surface area contributed by atoms with Crippen LogP contribution in [0.3, 0.4) is 0 Å². The van der Waals surface area contributed by atoms with Crippen molar-refractivity contribution in [3.63, 3.8) is 0 Å². The molecule has 1 N–H and O–H groups in total. The van der Waals surface area contributed by atoms with Crippen molar-refractivity contribution in [1.29, 1.82) is 0 Å². The summed E-state index contributed by atoms with van der Waals surface area (Å²) in [5, 5.41) is 2.92. The molecule has 132 valence electrons. The minimum atomic E-state index is -0.105. The lowest BCUT2D eigenvalue weighted by atomic mass is 10.1. The first-order valence-electron chi connectivity index (χ1n) is 8.52. The molecule has 4 rings (SSSR count). The Hall–Kier alpha value is -2.73. The molecule has 0 fully saturated rings. The fourth-order valence-electron chi connectivity index (χ4n) is 2.92. The highest BCUT2D eigenvalue weighted by Crippen LogP contribution is 2.37. The molecule has 0 radical (unpaired) electrons. The standard InChI is InChI=1S/C20H19N3O2S/c24-20(19-13-15-5-1-4-8-18(15)26-19)22-16-6-2-3-7-17(16)25-12-11-23-10-9-21-14-23/h1-10,14,19H,11-13H2,(H,22,24). The van der Waals surface area contributed by atoms with Crippen LogP contribution < -0.4 is 10.1 Å². The first-order chi connectivity index (χ1) is 12.8. The summed E-state index contributed by atoms with van der Waals surface area (Å²) in [6, 6.07) is 15.7. The van der Waals surface area contributed by atoms with Gasteiger partial charge in [-0.1, -0.05) is 30.3 Å². The Balaban J connectivity index is 1.38. The highest BCUT2D eigenvalue weighted by molar-refractivity contribution is 8.01. The van der Waals surface area contributed by atoms with Gasteiger partial charge in [-0.25, -0.2) is 4.98 Å². The van der Waals surface area contributed by atoms with Gasteiger partial charge in [0.2, 0.25) is 5.91 Å². The Morgan fingerprint density at radius 3 is 2.92 bits per heavy atom. The zero-order valence-electron chi connectivity index (χ0n) is 14.2. The molecular formula is C20H19N3O2S. The molecule has 0 aliphatic carbocycles. The van der Waals surface area contributed by atoms with Gasteiger partial charge in [-0.15, -0.1) is 11.8 Å². The van der Waals surface area contributed by atoms with E-state index in [0.717, 1.165) is 6.42 Å². The zero-order chi connectivity index (χ0) is 17.8. The van der Waals surface area contributed by atoms with Crippen LogP contribution in [0.15, 0.2) is 72.1 Å². The van der Waals surface area contributed by atoms with E-state index in [2.05, 4.69) is 22.4 Å². The van der Waals surface area contributed by atoms with Gasteiger partial charge in [-0.05, 0) is 30.2 Å². The molecule has 1 aliphatic heterocycles. The van der Waals surface area contributed by atoms with Gasteiger partial charge in [0.05, 0.1) is 23.8 Å². The van der Waals surface area contributed by atoms with Gasteiger partial charge in [-0.3, -0.25) is 4.79 Å². The Morgan fingerprint density at radius 2 is 2.08 bits per heavy atom. The SMILES string of the molecule is O=C(Nc1ccccc1OCCn1ccnc1)C1Cc2ccccc2S1. The number of hydrogen-bond acceptors (Lipinski definition) is 4. The van der Waals surface area contributed by atoms with Gasteiger partial charge >= 0.3 is 0 Å². The van der Waals surface area contributed by atoms with Crippen molar-refractivity contribution in [2.75, 3.05) is 11.9 Å². The summed E-state index contributed by atoms with van der Waals surface area (Å²) in [4.78, 5) is 17.9. The number of thioether (sulfide) groups is 1. The van der Waals surface area contributed by atoms with E-state index in [1.165, 1.54) is 10.5 Å². The molecule has 3 aromatic rings. The van der Waals surface area contributed by atoms with E-state index in [4.69, 9.17) is 4.74 Å². The molecule has 1 aliphatic rings. The topological polar surface area (TPSA) is 56.1 Å². The number of nitrogens with one attached hydrogen (secondary N) is 1. The lowest BCUT2D eigenvalue weighted by Crippen LogP contribution is -2.25. The second kappa shape index (κ2) is 7.66. The number of rotatable bonds is 6. The molecule has 2 heterocycles. The summed E-state index contributed by atoms with van der Waals surface area (Å²) >= 11 is 1.62. The largest absolute Gasteiger partial charge is 0.490 e. The van der Waals surface area contributed by atoms with Crippen molar-refractivity contribution in [3.8, 4) is 5.75 Å². The maximum absolute atomic E-state index is 12.7. The van der Waals surface area contributed by atoms with Crippen LogP contribution in [0, 0.1) is 0 Å². The number of hydrogen-bond donors (Lipinski definition) is 1. The molecule has 1 aromatic heterocycles. The average Bonchev–Trinajstić information content (AvgIpc) is 3.32. The van der Waals surface area contributed by atoms with Gasteiger partial charge in [-0.2, -0.15) is 0 Å². The zero-order valence-corrected chi connectivity index (χ0v) is 15.0. The molecule has 0 saturated heterocycles. The quantitative estimate of drug-likeness (QED) is 0.725. The van der Waals surface area contributed by atoms with E-state index in [9.17, 15) is 4.79 Å². The number of benzene rings is 2. The Kier molecular flexibility index (Phi) is 4.93. The Labute approximate surface area is 156 Å². The summed E-state index contributed by atoms with van der Waals surface area (Å²) in [6.07, 6.45) is 6.15. The molecule has 0 spiro atoms. The maximum atomic E-state index is 12.7. The van der Waals surface area contributed by atoms with E-state index < -0.39 is 0 Å². The van der Waals surface area contributed by atoms with Crippen molar-refractivity contribution in [2.45, 2.75) is 23.1 Å². The number of nitrogens with zero attached hydrogens (tertiary/aromatic N) is 2. The van der Waals surface area contributed by atoms with Crippen LogP contribution in [0.5, 0.6) is 5.75 Å². The molecule has 1 unspecified atom stereocenters. The van der Waals surface area contributed by atoms with Crippen molar-refractivity contribution in [3.05, 3.63) is 72.8 Å². The van der Waals surface area contributed by atoms with Crippen molar-refractivity contribution < 1.29 is 9.53 Å². The fourth-order valence-corrected chi connectivity index (χ4v) is 4.11. The summed E-state index contributed by atoms with van der Waals surface area (Å²) in [5.74, 6) is 0.693. The summed E-state index contributed by atoms with van der Waals surface area (Å²) in [6.45, 7) is 1.21. The predicted molar refractivity (Wildman–Crippen MR) is 103 cm³/mol. The minimum Gasteiger partial charge on any atom is -0.490 e. The van der Waals surface area contributed by atoms with E-state index in [1.54, 1.807) is 24.3 Å². The number of carbonyl (C=O) groups is 1. The van der Waals surface area contributed by atoms with E-state index >= 15 is 0 Å². The molecule has 2 aromatic carbocycles. The van der Waals surface area contributed by atoms with E-state index in [-0.39, 0.29) is 11.2 Å². The predicted octanol–water partition coefficient (Wildman–Crippen LogP) is 3.62. The number of aromatic nitrogens is 2. The molecular weight excluding hydrogens is 346 g/mol. The van der Waals surface area contributed by atoms with Crippen molar-refractivity contribution in [2.24, 2.45) is 0 Å². The third-order valence-electron chi connectivity index (χ3n) is 4.25. The van der Waals surface area contributed by atoms with Gasteiger partial charge in [0.25, 0.3) is 0 Å². The monoisotopic (exact) mass is 365 g/mol. The first kappa shape index (κ1) is 16.7. The molecule has 0 bridgehead atoms. The average molecular weight is 365 g/mol. The molecule has 1 atom stereocenters. The molecule has 0 saturated carbocycles. The van der Waals surface area contributed by atoms with Crippen molar-refractivity contribution in [1.82, 2.24) is 9.55 Å². The number of amides is 1. The summed E-state index contributed by atoms with van der Waals surface area (Å²) in [5.41, 5.74) is 1.95. The highest BCUT2D eigenvalue weighted by atomic mass is 32.2. The number of para-hydroxylation sites is 2. The van der Waals surface area contributed by atoms with Gasteiger partial charge in [0.15, 0.2) is 0 Å². The van der Waals surface area contributed by atoms with Crippen LogP contribution >= 0.6 is 11.8 Å². The van der Waals surface area contributed by atoms with Crippen LogP contribution in [0.1, 0.15) is 5.56 Å². The number of anilines is 1. The second-order valence-electron chi connectivity index (χ2n) is 6.05. The third-order valence-corrected chi connectivity index (χ3v) is 5.57. The summed E-state index contributed by atoms with van der Waals surface area (Å²) < 4.78 is 7.82. The van der Waals surface area contributed by atoms with Gasteiger partial charge < -0.3 is 14.6 Å². The third kappa shape index (κ3) is 3.75. The van der Waals surface area contributed by atoms with Crippen LogP contribution in [0.2, 0.25) is 0 Å². The molecule has 26 heavy (non-hydrogen) atoms. The van der Waals surface area contributed by atoms with Crippen LogP contribution in [0.25, 0.3) is 0 Å².